The lowest BCUT2D eigenvalue weighted by Crippen LogP contribution is -2.51. The summed E-state index contributed by atoms with van der Waals surface area (Å²) in [6.07, 6.45) is 5.25. The Morgan fingerprint density at radius 3 is 2.56 bits per heavy atom. The second kappa shape index (κ2) is 10.5. The molecule has 7 heteroatoms. The quantitative estimate of drug-likeness (QED) is 0.558. The van der Waals surface area contributed by atoms with Gasteiger partial charge in [-0.2, -0.15) is 0 Å². The van der Waals surface area contributed by atoms with Crippen molar-refractivity contribution in [1.29, 1.82) is 0 Å². The highest BCUT2D eigenvalue weighted by atomic mass is 16.5. The SMILES string of the molecule is CCC=C(C)c1ccc(-c2cnc(C3CC(C)(C)CN3C(=O)C(NC(=O)OC)C(C)C)[nH]2)cc1. The molecule has 1 aliphatic heterocycles. The number of hydrogen-bond donors (Lipinski definition) is 2. The number of rotatable bonds is 7. The Kier molecular flexibility index (Phi) is 7.85. The van der Waals surface area contributed by atoms with E-state index >= 15 is 0 Å². The summed E-state index contributed by atoms with van der Waals surface area (Å²) in [7, 11) is 1.30. The predicted molar refractivity (Wildman–Crippen MR) is 135 cm³/mol. The van der Waals surface area contributed by atoms with Gasteiger partial charge < -0.3 is 19.9 Å². The molecular weight excluding hydrogens is 428 g/mol. The van der Waals surface area contributed by atoms with E-state index in [2.05, 4.69) is 73.3 Å². The normalized spacial score (nSPS) is 18.8. The zero-order chi connectivity index (χ0) is 25.0. The molecule has 2 atom stereocenters. The van der Waals surface area contributed by atoms with Crippen molar-refractivity contribution in [3.05, 3.63) is 47.9 Å². The average molecular weight is 467 g/mol. The number of likely N-dealkylation sites (tertiary alicyclic amines) is 1. The first-order chi connectivity index (χ1) is 16.1. The summed E-state index contributed by atoms with van der Waals surface area (Å²) in [5.41, 5.74) is 4.38. The predicted octanol–water partition coefficient (Wildman–Crippen LogP) is 5.57. The van der Waals surface area contributed by atoms with E-state index in [0.29, 0.717) is 6.54 Å². The van der Waals surface area contributed by atoms with Crippen LogP contribution in [0.1, 0.15) is 71.8 Å². The average Bonchev–Trinajstić information content (AvgIpc) is 3.41. The number of nitrogens with one attached hydrogen (secondary N) is 2. The maximum atomic E-state index is 13.5. The molecule has 2 N–H and O–H groups in total. The van der Waals surface area contributed by atoms with Gasteiger partial charge in [0, 0.05) is 6.54 Å². The summed E-state index contributed by atoms with van der Waals surface area (Å²) in [6, 6.07) is 7.58. The monoisotopic (exact) mass is 466 g/mol. The molecular formula is C27H38N4O3. The lowest BCUT2D eigenvalue weighted by Gasteiger charge is -2.30. The fourth-order valence-corrected chi connectivity index (χ4v) is 4.61. The lowest BCUT2D eigenvalue weighted by molar-refractivity contribution is -0.135. The molecule has 2 aromatic rings. The fourth-order valence-electron chi connectivity index (χ4n) is 4.61. The first-order valence-corrected chi connectivity index (χ1v) is 12.0. The van der Waals surface area contributed by atoms with Gasteiger partial charge in [0.15, 0.2) is 0 Å². The number of carbonyl (C=O) groups is 2. The Morgan fingerprint density at radius 1 is 1.29 bits per heavy atom. The van der Waals surface area contributed by atoms with Gasteiger partial charge in [0.1, 0.15) is 11.9 Å². The van der Waals surface area contributed by atoms with E-state index in [1.807, 2.05) is 24.9 Å². The molecule has 2 unspecified atom stereocenters. The molecule has 0 saturated carbocycles. The van der Waals surface area contributed by atoms with Gasteiger partial charge in [-0.1, -0.05) is 65.0 Å². The van der Waals surface area contributed by atoms with Crippen LogP contribution >= 0.6 is 0 Å². The van der Waals surface area contributed by atoms with Crippen molar-refractivity contribution in [2.75, 3.05) is 13.7 Å². The molecule has 1 aliphatic rings. The number of hydrogen-bond acceptors (Lipinski definition) is 4. The minimum atomic E-state index is -0.662. The molecule has 1 saturated heterocycles. The number of methoxy groups -OCH3 is 1. The van der Waals surface area contributed by atoms with Crippen molar-refractivity contribution in [3.8, 4) is 11.3 Å². The molecule has 1 aromatic heterocycles. The number of amides is 2. The summed E-state index contributed by atoms with van der Waals surface area (Å²) >= 11 is 0. The number of carbonyl (C=O) groups excluding carboxylic acids is 2. The second-order valence-electron chi connectivity index (χ2n) is 10.3. The number of aromatic nitrogens is 2. The third kappa shape index (κ3) is 5.69. The van der Waals surface area contributed by atoms with E-state index in [0.717, 1.165) is 29.9 Å². The third-order valence-corrected chi connectivity index (χ3v) is 6.47. The van der Waals surface area contributed by atoms with Crippen LogP contribution in [0.15, 0.2) is 36.5 Å². The molecule has 184 valence electrons. The molecule has 7 nitrogen and oxygen atoms in total. The van der Waals surface area contributed by atoms with E-state index in [1.165, 1.54) is 18.2 Å². The Labute approximate surface area is 203 Å². The Morgan fingerprint density at radius 2 is 1.97 bits per heavy atom. The van der Waals surface area contributed by atoms with E-state index in [-0.39, 0.29) is 23.3 Å². The Hall–Kier alpha value is -3.09. The molecule has 1 aromatic carbocycles. The molecule has 0 bridgehead atoms. The van der Waals surface area contributed by atoms with Gasteiger partial charge in [-0.25, -0.2) is 9.78 Å². The molecule has 3 rings (SSSR count). The van der Waals surface area contributed by atoms with Crippen molar-refractivity contribution in [1.82, 2.24) is 20.2 Å². The summed E-state index contributed by atoms with van der Waals surface area (Å²) < 4.78 is 4.74. The number of imidazole rings is 1. The van der Waals surface area contributed by atoms with Gasteiger partial charge in [0.25, 0.3) is 0 Å². The van der Waals surface area contributed by atoms with Crippen LogP contribution in [0.25, 0.3) is 16.8 Å². The van der Waals surface area contributed by atoms with Crippen LogP contribution in [0.5, 0.6) is 0 Å². The summed E-state index contributed by atoms with van der Waals surface area (Å²) in [6.45, 7) is 13.0. The van der Waals surface area contributed by atoms with Crippen molar-refractivity contribution < 1.29 is 14.3 Å². The van der Waals surface area contributed by atoms with Gasteiger partial charge in [-0.15, -0.1) is 0 Å². The second-order valence-corrected chi connectivity index (χ2v) is 10.3. The molecule has 1 fully saturated rings. The van der Waals surface area contributed by atoms with Crippen LogP contribution in [0.3, 0.4) is 0 Å². The molecule has 2 amide bonds. The molecule has 34 heavy (non-hydrogen) atoms. The van der Waals surface area contributed by atoms with Crippen molar-refractivity contribution in [2.45, 2.75) is 66.5 Å². The topological polar surface area (TPSA) is 87.3 Å². The van der Waals surface area contributed by atoms with E-state index in [9.17, 15) is 9.59 Å². The highest BCUT2D eigenvalue weighted by Gasteiger charge is 2.44. The number of alkyl carbamates (subject to hydrolysis) is 1. The van der Waals surface area contributed by atoms with Crippen LogP contribution in [0, 0.1) is 11.3 Å². The van der Waals surface area contributed by atoms with Crippen LogP contribution in [0.4, 0.5) is 4.79 Å². The number of H-pyrrole nitrogens is 1. The number of aromatic amines is 1. The van der Waals surface area contributed by atoms with E-state index in [1.54, 1.807) is 0 Å². The molecule has 0 aliphatic carbocycles. The van der Waals surface area contributed by atoms with Crippen molar-refractivity contribution >= 4 is 17.6 Å². The third-order valence-electron chi connectivity index (χ3n) is 6.47. The maximum Gasteiger partial charge on any atom is 0.407 e. The van der Waals surface area contributed by atoms with Gasteiger partial charge >= 0.3 is 6.09 Å². The molecule has 0 radical (unpaired) electrons. The summed E-state index contributed by atoms with van der Waals surface area (Å²) in [4.78, 5) is 35.4. The fraction of sp³-hybridized carbons (Fsp3) is 0.519. The Balaban J connectivity index is 1.86. The zero-order valence-corrected chi connectivity index (χ0v) is 21.4. The largest absolute Gasteiger partial charge is 0.453 e. The lowest BCUT2D eigenvalue weighted by atomic mass is 9.90. The van der Waals surface area contributed by atoms with Crippen molar-refractivity contribution in [3.63, 3.8) is 0 Å². The number of nitrogens with zero attached hydrogens (tertiary/aromatic N) is 2. The Bertz CT molecular complexity index is 1040. The minimum Gasteiger partial charge on any atom is -0.453 e. The molecule has 0 spiro atoms. The van der Waals surface area contributed by atoms with Crippen LogP contribution in [0.2, 0.25) is 0 Å². The highest BCUT2D eigenvalue weighted by molar-refractivity contribution is 5.86. The molecule has 2 heterocycles. The van der Waals surface area contributed by atoms with Crippen LogP contribution in [-0.2, 0) is 9.53 Å². The van der Waals surface area contributed by atoms with Gasteiger partial charge in [0.05, 0.1) is 25.0 Å². The highest BCUT2D eigenvalue weighted by Crippen LogP contribution is 2.42. The standard InChI is InChI=1S/C27H38N4O3/c1-8-9-18(4)19-10-12-20(13-11-19)21-15-28-24(29-21)22-14-27(5,6)16-31(22)25(32)23(17(2)3)30-26(33)34-7/h9-13,15,17,22-23H,8,14,16H2,1-7H3,(H,28,29)(H,30,33). The van der Waals surface area contributed by atoms with Gasteiger partial charge in [0.2, 0.25) is 5.91 Å². The van der Waals surface area contributed by atoms with Crippen LogP contribution in [-0.4, -0.2) is 46.6 Å². The summed E-state index contributed by atoms with van der Waals surface area (Å²) in [5.74, 6) is 0.573. The number of allylic oxidation sites excluding steroid dienone is 2. The van der Waals surface area contributed by atoms with Gasteiger partial charge in [-0.3, -0.25) is 4.79 Å². The maximum absolute atomic E-state index is 13.5. The van der Waals surface area contributed by atoms with E-state index in [4.69, 9.17) is 4.74 Å². The van der Waals surface area contributed by atoms with Crippen LogP contribution < -0.4 is 5.32 Å². The first kappa shape index (κ1) is 25.5. The number of benzene rings is 1. The minimum absolute atomic E-state index is 0.0646. The van der Waals surface area contributed by atoms with Crippen molar-refractivity contribution in [2.24, 2.45) is 11.3 Å². The number of ether oxygens (including phenoxy) is 1. The van der Waals surface area contributed by atoms with E-state index < -0.39 is 12.1 Å². The first-order valence-electron chi connectivity index (χ1n) is 12.0. The zero-order valence-electron chi connectivity index (χ0n) is 21.4. The summed E-state index contributed by atoms with van der Waals surface area (Å²) in [5, 5.41) is 2.71. The smallest absolute Gasteiger partial charge is 0.407 e. The van der Waals surface area contributed by atoms with Gasteiger partial charge in [-0.05, 0) is 47.8 Å².